The van der Waals surface area contributed by atoms with Gasteiger partial charge in [-0.15, -0.1) is 0 Å². The SMILES string of the molecule is COc1cc(C(=O)NC2(CC(=O)O)CCOCC2)ccc1C. The first-order valence-corrected chi connectivity index (χ1v) is 7.22. The van der Waals surface area contributed by atoms with E-state index in [1.54, 1.807) is 19.2 Å². The molecule has 1 fully saturated rings. The highest BCUT2D eigenvalue weighted by atomic mass is 16.5. The van der Waals surface area contributed by atoms with E-state index in [-0.39, 0.29) is 12.3 Å². The minimum atomic E-state index is -0.927. The van der Waals surface area contributed by atoms with Crippen LogP contribution in [0.2, 0.25) is 0 Å². The van der Waals surface area contributed by atoms with Crippen molar-refractivity contribution in [2.75, 3.05) is 20.3 Å². The number of nitrogens with one attached hydrogen (secondary N) is 1. The van der Waals surface area contributed by atoms with Crippen molar-refractivity contribution in [3.05, 3.63) is 29.3 Å². The first kappa shape index (κ1) is 16.3. The van der Waals surface area contributed by atoms with Gasteiger partial charge in [0.1, 0.15) is 5.75 Å². The van der Waals surface area contributed by atoms with Crippen LogP contribution in [0.5, 0.6) is 5.75 Å². The quantitative estimate of drug-likeness (QED) is 0.866. The molecule has 0 unspecified atom stereocenters. The summed E-state index contributed by atoms with van der Waals surface area (Å²) in [6, 6.07) is 5.18. The van der Waals surface area contributed by atoms with E-state index in [1.165, 1.54) is 0 Å². The Kier molecular flexibility index (Phi) is 5.03. The molecule has 1 amide bonds. The van der Waals surface area contributed by atoms with Crippen LogP contribution in [0.25, 0.3) is 0 Å². The number of hydrogen-bond donors (Lipinski definition) is 2. The van der Waals surface area contributed by atoms with Crippen LogP contribution in [0.3, 0.4) is 0 Å². The Bertz CT molecular complexity index is 564. The topological polar surface area (TPSA) is 84.9 Å². The van der Waals surface area contributed by atoms with Gasteiger partial charge in [0, 0.05) is 18.8 Å². The van der Waals surface area contributed by atoms with Gasteiger partial charge in [-0.1, -0.05) is 6.07 Å². The Morgan fingerprint density at radius 2 is 2.05 bits per heavy atom. The minimum Gasteiger partial charge on any atom is -0.496 e. The highest BCUT2D eigenvalue weighted by Crippen LogP contribution is 2.26. The number of aryl methyl sites for hydroxylation is 1. The van der Waals surface area contributed by atoms with E-state index >= 15 is 0 Å². The second kappa shape index (κ2) is 6.79. The van der Waals surface area contributed by atoms with E-state index in [4.69, 9.17) is 14.6 Å². The second-order valence-corrected chi connectivity index (χ2v) is 5.60. The van der Waals surface area contributed by atoms with Crippen molar-refractivity contribution in [3.8, 4) is 5.75 Å². The van der Waals surface area contributed by atoms with E-state index in [9.17, 15) is 9.59 Å². The molecule has 1 heterocycles. The Balaban J connectivity index is 2.18. The third-order valence-corrected chi connectivity index (χ3v) is 3.99. The molecule has 22 heavy (non-hydrogen) atoms. The number of rotatable bonds is 5. The van der Waals surface area contributed by atoms with Gasteiger partial charge in [-0.25, -0.2) is 0 Å². The zero-order chi connectivity index (χ0) is 16.2. The molecular weight excluding hydrogens is 286 g/mol. The van der Waals surface area contributed by atoms with Gasteiger partial charge in [-0.2, -0.15) is 0 Å². The maximum absolute atomic E-state index is 12.5. The lowest BCUT2D eigenvalue weighted by Gasteiger charge is -2.36. The lowest BCUT2D eigenvalue weighted by molar-refractivity contribution is -0.139. The Labute approximate surface area is 129 Å². The van der Waals surface area contributed by atoms with Crippen LogP contribution in [0, 0.1) is 6.92 Å². The van der Waals surface area contributed by atoms with E-state index in [0.717, 1.165) is 5.56 Å². The van der Waals surface area contributed by atoms with E-state index in [1.807, 2.05) is 13.0 Å². The summed E-state index contributed by atoms with van der Waals surface area (Å²) >= 11 is 0. The molecule has 1 aliphatic heterocycles. The minimum absolute atomic E-state index is 0.106. The maximum atomic E-state index is 12.5. The Hall–Kier alpha value is -2.08. The predicted octanol–water partition coefficient (Wildman–Crippen LogP) is 1.76. The number of carboxylic acid groups (broad SMARTS) is 1. The average molecular weight is 307 g/mol. The zero-order valence-corrected chi connectivity index (χ0v) is 12.8. The number of carboxylic acids is 1. The van der Waals surface area contributed by atoms with Crippen molar-refractivity contribution in [3.63, 3.8) is 0 Å². The highest BCUT2D eigenvalue weighted by molar-refractivity contribution is 5.95. The largest absolute Gasteiger partial charge is 0.496 e. The Morgan fingerprint density at radius 1 is 1.36 bits per heavy atom. The molecule has 0 radical (unpaired) electrons. The molecule has 1 aromatic rings. The molecule has 6 nitrogen and oxygen atoms in total. The van der Waals surface area contributed by atoms with Gasteiger partial charge in [0.2, 0.25) is 0 Å². The van der Waals surface area contributed by atoms with Gasteiger partial charge < -0.3 is 19.9 Å². The van der Waals surface area contributed by atoms with Crippen LogP contribution in [0.15, 0.2) is 18.2 Å². The predicted molar refractivity (Wildman–Crippen MR) is 80.2 cm³/mol. The molecular formula is C16H21NO5. The third-order valence-electron chi connectivity index (χ3n) is 3.99. The van der Waals surface area contributed by atoms with Crippen LogP contribution in [0.4, 0.5) is 0 Å². The number of aliphatic carboxylic acids is 1. The van der Waals surface area contributed by atoms with E-state index < -0.39 is 11.5 Å². The molecule has 1 aromatic carbocycles. The monoisotopic (exact) mass is 307 g/mol. The molecule has 2 rings (SSSR count). The van der Waals surface area contributed by atoms with E-state index in [2.05, 4.69) is 5.32 Å². The van der Waals surface area contributed by atoms with Crippen LogP contribution < -0.4 is 10.1 Å². The molecule has 120 valence electrons. The van der Waals surface area contributed by atoms with Crippen molar-refractivity contribution in [2.45, 2.75) is 31.7 Å². The van der Waals surface area contributed by atoms with Crippen molar-refractivity contribution >= 4 is 11.9 Å². The number of carbonyl (C=O) groups excluding carboxylic acids is 1. The fraction of sp³-hybridized carbons (Fsp3) is 0.500. The summed E-state index contributed by atoms with van der Waals surface area (Å²) < 4.78 is 10.5. The van der Waals surface area contributed by atoms with Crippen LogP contribution in [-0.4, -0.2) is 42.8 Å². The van der Waals surface area contributed by atoms with Crippen LogP contribution >= 0.6 is 0 Å². The van der Waals surface area contributed by atoms with Crippen LogP contribution in [-0.2, 0) is 9.53 Å². The summed E-state index contributed by atoms with van der Waals surface area (Å²) in [5.74, 6) is -0.586. The first-order chi connectivity index (χ1) is 10.5. The van der Waals surface area contributed by atoms with Gasteiger partial charge in [-0.05, 0) is 37.5 Å². The lowest BCUT2D eigenvalue weighted by Crippen LogP contribution is -2.53. The zero-order valence-electron chi connectivity index (χ0n) is 12.8. The summed E-state index contributed by atoms with van der Waals surface area (Å²) in [6.07, 6.45) is 0.882. The van der Waals surface area contributed by atoms with Gasteiger partial charge in [0.25, 0.3) is 5.91 Å². The van der Waals surface area contributed by atoms with Gasteiger partial charge >= 0.3 is 5.97 Å². The molecule has 0 saturated carbocycles. The van der Waals surface area contributed by atoms with Gasteiger partial charge in [0.15, 0.2) is 0 Å². The summed E-state index contributed by atoms with van der Waals surface area (Å²) in [5.41, 5.74) is 0.642. The molecule has 0 spiro atoms. The molecule has 1 aliphatic rings. The number of benzene rings is 1. The number of carbonyl (C=O) groups is 2. The van der Waals surface area contributed by atoms with Gasteiger partial charge in [-0.3, -0.25) is 9.59 Å². The summed E-state index contributed by atoms with van der Waals surface area (Å²) in [7, 11) is 1.55. The fourth-order valence-electron chi connectivity index (χ4n) is 2.67. The fourth-order valence-corrected chi connectivity index (χ4v) is 2.67. The highest BCUT2D eigenvalue weighted by Gasteiger charge is 2.36. The van der Waals surface area contributed by atoms with Crippen molar-refractivity contribution in [2.24, 2.45) is 0 Å². The third kappa shape index (κ3) is 3.76. The first-order valence-electron chi connectivity index (χ1n) is 7.22. The molecule has 0 aromatic heterocycles. The van der Waals surface area contributed by atoms with E-state index in [0.29, 0.717) is 37.4 Å². The molecule has 0 bridgehead atoms. The maximum Gasteiger partial charge on any atom is 0.305 e. The Morgan fingerprint density at radius 3 is 2.64 bits per heavy atom. The smallest absolute Gasteiger partial charge is 0.305 e. The summed E-state index contributed by atoms with van der Waals surface area (Å²) in [5, 5.41) is 12.0. The number of ether oxygens (including phenoxy) is 2. The molecule has 6 heteroatoms. The standard InChI is InChI=1S/C16H21NO5/c1-11-3-4-12(9-13(11)21-2)15(20)17-16(10-14(18)19)5-7-22-8-6-16/h3-4,9H,5-8,10H2,1-2H3,(H,17,20)(H,18,19). The van der Waals surface area contributed by atoms with Crippen molar-refractivity contribution < 1.29 is 24.2 Å². The van der Waals surface area contributed by atoms with Crippen molar-refractivity contribution in [1.29, 1.82) is 0 Å². The molecule has 1 saturated heterocycles. The number of hydrogen-bond acceptors (Lipinski definition) is 4. The average Bonchev–Trinajstić information content (AvgIpc) is 2.47. The molecule has 0 aliphatic carbocycles. The molecule has 0 atom stereocenters. The van der Waals surface area contributed by atoms with Crippen LogP contribution in [0.1, 0.15) is 35.2 Å². The van der Waals surface area contributed by atoms with Crippen molar-refractivity contribution in [1.82, 2.24) is 5.32 Å². The lowest BCUT2D eigenvalue weighted by atomic mass is 9.86. The summed E-state index contributed by atoms with van der Waals surface area (Å²) in [6.45, 7) is 2.79. The normalized spacial score (nSPS) is 16.8. The summed E-state index contributed by atoms with van der Waals surface area (Å²) in [4.78, 5) is 23.6. The second-order valence-electron chi connectivity index (χ2n) is 5.60. The number of methoxy groups -OCH3 is 1. The molecule has 2 N–H and O–H groups in total. The number of amides is 1. The van der Waals surface area contributed by atoms with Gasteiger partial charge in [0.05, 0.1) is 19.1 Å².